The van der Waals surface area contributed by atoms with Gasteiger partial charge in [-0.25, -0.2) is 9.59 Å². The van der Waals surface area contributed by atoms with Crippen LogP contribution in [0.25, 0.3) is 0 Å². The van der Waals surface area contributed by atoms with Crippen LogP contribution in [0.5, 0.6) is 0 Å². The minimum atomic E-state index is -2.59. The number of carbonyl (C=O) groups excluding carboxylic acids is 2. The quantitative estimate of drug-likeness (QED) is 0.0834. The zero-order chi connectivity index (χ0) is 27.7. The standard InChI is InChI=1S/2C12H24O5Si/c2*1-5-12(13)14-10-9-11-18(15-6-2,16-7-3)17-8-4/h2*5H,1,6-11H2,2-4H3. The van der Waals surface area contributed by atoms with Crippen LogP contribution in [0.2, 0.25) is 12.1 Å². The van der Waals surface area contributed by atoms with Crippen molar-refractivity contribution in [3.8, 4) is 0 Å². The number of carbonyl (C=O) groups is 2. The lowest BCUT2D eigenvalue weighted by Crippen LogP contribution is -2.46. The van der Waals surface area contributed by atoms with Crippen molar-refractivity contribution in [2.24, 2.45) is 0 Å². The summed E-state index contributed by atoms with van der Waals surface area (Å²) in [7, 11) is -5.19. The molecule has 0 unspecified atom stereocenters. The van der Waals surface area contributed by atoms with Gasteiger partial charge in [-0.1, -0.05) is 13.2 Å². The molecule has 0 fully saturated rings. The molecule has 0 aliphatic rings. The predicted molar refractivity (Wildman–Crippen MR) is 142 cm³/mol. The molecule has 36 heavy (non-hydrogen) atoms. The largest absolute Gasteiger partial charge is 0.501 e. The van der Waals surface area contributed by atoms with Crippen LogP contribution in [0.4, 0.5) is 0 Å². The van der Waals surface area contributed by atoms with E-state index >= 15 is 0 Å². The summed E-state index contributed by atoms with van der Waals surface area (Å²) in [5.41, 5.74) is 0. The minimum Gasteiger partial charge on any atom is -0.463 e. The maximum absolute atomic E-state index is 10.9. The van der Waals surface area contributed by atoms with Crippen LogP contribution in [-0.4, -0.2) is 82.4 Å². The van der Waals surface area contributed by atoms with E-state index in [9.17, 15) is 9.59 Å². The van der Waals surface area contributed by atoms with Crippen LogP contribution in [-0.2, 0) is 45.6 Å². The van der Waals surface area contributed by atoms with Gasteiger partial charge in [-0.05, 0) is 54.4 Å². The number of ether oxygens (including phenoxy) is 2. The van der Waals surface area contributed by atoms with Crippen molar-refractivity contribution < 1.29 is 45.6 Å². The van der Waals surface area contributed by atoms with Gasteiger partial charge in [-0.3, -0.25) is 0 Å². The predicted octanol–water partition coefficient (Wildman–Crippen LogP) is 4.31. The lowest BCUT2D eigenvalue weighted by Gasteiger charge is -2.28. The summed E-state index contributed by atoms with van der Waals surface area (Å²) in [5, 5.41) is 0. The molecule has 0 aromatic heterocycles. The van der Waals surface area contributed by atoms with Gasteiger partial charge in [-0.15, -0.1) is 0 Å². The lowest BCUT2D eigenvalue weighted by molar-refractivity contribution is -0.138. The first kappa shape index (κ1) is 36.8. The van der Waals surface area contributed by atoms with Crippen molar-refractivity contribution in [1.82, 2.24) is 0 Å². The molecule has 212 valence electrons. The fourth-order valence-corrected chi connectivity index (χ4v) is 8.20. The Morgan fingerprint density at radius 2 is 0.806 bits per heavy atom. The smallest absolute Gasteiger partial charge is 0.463 e. The maximum Gasteiger partial charge on any atom is 0.501 e. The molecule has 0 aromatic carbocycles. The van der Waals surface area contributed by atoms with E-state index in [2.05, 4.69) is 13.2 Å². The van der Waals surface area contributed by atoms with E-state index in [1.165, 1.54) is 0 Å². The SMILES string of the molecule is C=CC(=O)OCCC[Si](OCC)(OCC)OCC.C=CC(=O)OCCC[Si](OCC)(OCC)OCC. The average Bonchev–Trinajstić information content (AvgIpc) is 2.85. The molecule has 12 heteroatoms. The van der Waals surface area contributed by atoms with Crippen LogP contribution in [0, 0.1) is 0 Å². The molecule has 10 nitrogen and oxygen atoms in total. The highest BCUT2D eigenvalue weighted by Crippen LogP contribution is 2.19. The third-order valence-corrected chi connectivity index (χ3v) is 10.6. The summed E-state index contributed by atoms with van der Waals surface area (Å²) in [6, 6.07) is 1.29. The van der Waals surface area contributed by atoms with Crippen LogP contribution in [0.3, 0.4) is 0 Å². The Balaban J connectivity index is 0. The van der Waals surface area contributed by atoms with Crippen molar-refractivity contribution in [3.63, 3.8) is 0 Å². The van der Waals surface area contributed by atoms with Gasteiger partial charge >= 0.3 is 29.5 Å². The summed E-state index contributed by atoms with van der Waals surface area (Å²) in [6.07, 6.45) is 3.62. The zero-order valence-corrected chi connectivity index (χ0v) is 25.1. The van der Waals surface area contributed by atoms with Gasteiger partial charge in [0, 0.05) is 63.9 Å². The maximum atomic E-state index is 10.9. The van der Waals surface area contributed by atoms with E-state index in [-0.39, 0.29) is 0 Å². The summed E-state index contributed by atoms with van der Waals surface area (Å²) in [6.45, 7) is 22.1. The number of hydrogen-bond acceptors (Lipinski definition) is 10. The van der Waals surface area contributed by atoms with E-state index in [0.29, 0.717) is 77.8 Å². The molecule has 0 spiro atoms. The normalized spacial score (nSPS) is 11.3. The van der Waals surface area contributed by atoms with Gasteiger partial charge in [0.1, 0.15) is 0 Å². The second-order valence-corrected chi connectivity index (χ2v) is 12.4. The summed E-state index contributed by atoms with van der Waals surface area (Å²) >= 11 is 0. The fourth-order valence-electron chi connectivity index (χ4n) is 3.04. The molecule has 0 aromatic rings. The van der Waals surface area contributed by atoms with Crippen molar-refractivity contribution in [2.75, 3.05) is 52.9 Å². The Bertz CT molecular complexity index is 505. The number of hydrogen-bond donors (Lipinski definition) is 0. The molecule has 0 N–H and O–H groups in total. The van der Waals surface area contributed by atoms with Crippen LogP contribution >= 0.6 is 0 Å². The Morgan fingerprint density at radius 1 is 0.556 bits per heavy atom. The number of esters is 2. The van der Waals surface area contributed by atoms with E-state index in [0.717, 1.165) is 12.2 Å². The van der Waals surface area contributed by atoms with E-state index in [1.807, 2.05) is 41.5 Å². The molecule has 0 aliphatic carbocycles. The topological polar surface area (TPSA) is 108 Å². The minimum absolute atomic E-state index is 0.326. The third-order valence-electron chi connectivity index (χ3n) is 4.26. The molecule has 0 rings (SSSR count). The Kier molecular flexibility index (Phi) is 24.5. The van der Waals surface area contributed by atoms with Crippen molar-refractivity contribution in [3.05, 3.63) is 25.3 Å². The van der Waals surface area contributed by atoms with Crippen LogP contribution in [0.1, 0.15) is 54.4 Å². The van der Waals surface area contributed by atoms with Crippen LogP contribution in [0.15, 0.2) is 25.3 Å². The molecule has 0 amide bonds. The lowest BCUT2D eigenvalue weighted by atomic mass is 10.5. The highest BCUT2D eigenvalue weighted by Gasteiger charge is 2.40. The van der Waals surface area contributed by atoms with Gasteiger partial charge in [0.2, 0.25) is 0 Å². The Hall–Kier alpha value is -1.39. The number of rotatable bonds is 22. The van der Waals surface area contributed by atoms with Gasteiger partial charge in [0.25, 0.3) is 0 Å². The zero-order valence-electron chi connectivity index (χ0n) is 23.1. The van der Waals surface area contributed by atoms with Crippen molar-refractivity contribution in [2.45, 2.75) is 66.5 Å². The molecule has 0 radical (unpaired) electrons. The summed E-state index contributed by atoms with van der Waals surface area (Å²) < 4.78 is 43.9. The van der Waals surface area contributed by atoms with E-state index in [4.69, 9.17) is 36.0 Å². The molecule has 0 heterocycles. The first-order valence-electron chi connectivity index (χ1n) is 12.7. The molecule has 0 aliphatic heterocycles. The monoisotopic (exact) mass is 552 g/mol. The molecule has 0 atom stereocenters. The molecule has 0 saturated heterocycles. The first-order valence-corrected chi connectivity index (χ1v) is 16.6. The van der Waals surface area contributed by atoms with Gasteiger partial charge in [0.05, 0.1) is 13.2 Å². The van der Waals surface area contributed by atoms with Crippen LogP contribution < -0.4 is 0 Å². The second kappa shape index (κ2) is 24.0. The first-order chi connectivity index (χ1) is 17.3. The molecular weight excluding hydrogens is 504 g/mol. The molecule has 0 bridgehead atoms. The average molecular weight is 553 g/mol. The summed E-state index contributed by atoms with van der Waals surface area (Å²) in [5.74, 6) is -0.821. The second-order valence-electron chi connectivity index (χ2n) is 6.91. The van der Waals surface area contributed by atoms with Gasteiger partial charge in [-0.2, -0.15) is 0 Å². The van der Waals surface area contributed by atoms with Gasteiger partial charge in [0.15, 0.2) is 0 Å². The Morgan fingerprint density at radius 3 is 1.00 bits per heavy atom. The van der Waals surface area contributed by atoms with Gasteiger partial charge < -0.3 is 36.0 Å². The third kappa shape index (κ3) is 17.9. The van der Waals surface area contributed by atoms with Crippen molar-refractivity contribution in [1.29, 1.82) is 0 Å². The summed E-state index contributed by atoms with van der Waals surface area (Å²) in [4.78, 5) is 21.8. The fraction of sp³-hybridized carbons (Fsp3) is 0.750. The molecular formula is C24H48O10Si2. The van der Waals surface area contributed by atoms with E-state index < -0.39 is 29.5 Å². The Labute approximate surface area is 219 Å². The van der Waals surface area contributed by atoms with Crippen molar-refractivity contribution >= 4 is 29.5 Å². The molecule has 0 saturated carbocycles. The highest BCUT2D eigenvalue weighted by molar-refractivity contribution is 6.61. The van der Waals surface area contributed by atoms with E-state index in [1.54, 1.807) is 0 Å². The highest BCUT2D eigenvalue weighted by atomic mass is 28.4.